The standard InChI is InChI=1S/C16H19N3O4S/c1-12-6-7-13(11-14(12)23-2)16(20)18-9-10-24(21,22)19-15-5-3-4-8-17-15/h3-8,11H,9-10H2,1-2H3,(H,17,19)(H,18,20). The molecule has 2 N–H and O–H groups in total. The molecular weight excluding hydrogens is 330 g/mol. The third kappa shape index (κ3) is 4.95. The van der Waals surface area contributed by atoms with Crippen molar-refractivity contribution in [2.45, 2.75) is 6.92 Å². The van der Waals surface area contributed by atoms with Crippen molar-refractivity contribution in [1.29, 1.82) is 0 Å². The predicted molar refractivity (Wildman–Crippen MR) is 91.7 cm³/mol. The zero-order chi connectivity index (χ0) is 17.6. The maximum absolute atomic E-state index is 12.1. The number of amides is 1. The molecule has 1 heterocycles. The van der Waals surface area contributed by atoms with Crippen LogP contribution in [0, 0.1) is 6.92 Å². The second-order valence-corrected chi connectivity index (χ2v) is 6.92. The minimum absolute atomic E-state index is 0.0167. The van der Waals surface area contributed by atoms with Crippen LogP contribution in [-0.2, 0) is 10.0 Å². The number of aryl methyl sites for hydroxylation is 1. The van der Waals surface area contributed by atoms with Crippen LogP contribution in [0.2, 0.25) is 0 Å². The number of ether oxygens (including phenoxy) is 1. The van der Waals surface area contributed by atoms with Gasteiger partial charge in [-0.1, -0.05) is 12.1 Å². The molecule has 1 amide bonds. The van der Waals surface area contributed by atoms with Crippen LogP contribution in [0.5, 0.6) is 5.75 Å². The first-order valence-electron chi connectivity index (χ1n) is 7.25. The summed E-state index contributed by atoms with van der Waals surface area (Å²) in [5.74, 6) is 0.235. The van der Waals surface area contributed by atoms with Gasteiger partial charge in [0.2, 0.25) is 10.0 Å². The molecule has 0 saturated heterocycles. The predicted octanol–water partition coefficient (Wildman–Crippen LogP) is 1.57. The van der Waals surface area contributed by atoms with E-state index in [2.05, 4.69) is 15.0 Å². The maximum Gasteiger partial charge on any atom is 0.251 e. The number of methoxy groups -OCH3 is 1. The Morgan fingerprint density at radius 3 is 2.71 bits per heavy atom. The SMILES string of the molecule is COc1cc(C(=O)NCCS(=O)(=O)Nc2ccccn2)ccc1C. The molecular formula is C16H19N3O4S. The number of anilines is 1. The summed E-state index contributed by atoms with van der Waals surface area (Å²) in [6.07, 6.45) is 1.49. The van der Waals surface area contributed by atoms with Crippen LogP contribution >= 0.6 is 0 Å². The summed E-state index contributed by atoms with van der Waals surface area (Å²) in [4.78, 5) is 16.0. The summed E-state index contributed by atoms with van der Waals surface area (Å²) in [5, 5.41) is 2.58. The van der Waals surface area contributed by atoms with Gasteiger partial charge in [0, 0.05) is 18.3 Å². The molecule has 0 aliphatic rings. The van der Waals surface area contributed by atoms with Gasteiger partial charge in [-0.15, -0.1) is 0 Å². The van der Waals surface area contributed by atoms with Crippen molar-refractivity contribution in [2.75, 3.05) is 24.1 Å². The number of nitrogens with one attached hydrogen (secondary N) is 2. The first kappa shape index (κ1) is 17.7. The number of rotatable bonds is 7. The molecule has 8 heteroatoms. The Hall–Kier alpha value is -2.61. The van der Waals surface area contributed by atoms with Crippen molar-refractivity contribution < 1.29 is 17.9 Å². The molecule has 0 atom stereocenters. The highest BCUT2D eigenvalue weighted by atomic mass is 32.2. The molecule has 128 valence electrons. The quantitative estimate of drug-likeness (QED) is 0.791. The van der Waals surface area contributed by atoms with E-state index in [0.29, 0.717) is 11.3 Å². The van der Waals surface area contributed by atoms with Crippen molar-refractivity contribution in [3.8, 4) is 5.75 Å². The number of hydrogen-bond donors (Lipinski definition) is 2. The van der Waals surface area contributed by atoms with Gasteiger partial charge in [0.25, 0.3) is 5.91 Å². The van der Waals surface area contributed by atoms with Gasteiger partial charge in [-0.3, -0.25) is 9.52 Å². The van der Waals surface area contributed by atoms with Gasteiger partial charge in [0.05, 0.1) is 12.9 Å². The number of aromatic nitrogens is 1. The summed E-state index contributed by atoms with van der Waals surface area (Å²) in [6, 6.07) is 9.96. The lowest BCUT2D eigenvalue weighted by atomic mass is 10.1. The number of benzene rings is 1. The van der Waals surface area contributed by atoms with E-state index in [-0.39, 0.29) is 24.0 Å². The topological polar surface area (TPSA) is 97.4 Å². The van der Waals surface area contributed by atoms with Crippen LogP contribution in [-0.4, -0.2) is 38.7 Å². The average Bonchev–Trinajstić information content (AvgIpc) is 2.55. The van der Waals surface area contributed by atoms with Crippen LogP contribution in [0.15, 0.2) is 42.6 Å². The molecule has 2 aromatic rings. The summed E-state index contributed by atoms with van der Waals surface area (Å²) < 4.78 is 31.4. The van der Waals surface area contributed by atoms with E-state index in [4.69, 9.17) is 4.74 Å². The van der Waals surface area contributed by atoms with Crippen LogP contribution < -0.4 is 14.8 Å². The fourth-order valence-electron chi connectivity index (χ4n) is 2.00. The molecule has 0 spiro atoms. The first-order valence-corrected chi connectivity index (χ1v) is 8.91. The fraction of sp³-hybridized carbons (Fsp3) is 0.250. The molecule has 7 nitrogen and oxygen atoms in total. The Morgan fingerprint density at radius 1 is 1.25 bits per heavy atom. The van der Waals surface area contributed by atoms with E-state index in [1.54, 1.807) is 36.4 Å². The van der Waals surface area contributed by atoms with Crippen LogP contribution in [0.25, 0.3) is 0 Å². The third-order valence-corrected chi connectivity index (χ3v) is 4.51. The van der Waals surface area contributed by atoms with Gasteiger partial charge in [-0.2, -0.15) is 0 Å². The molecule has 0 fully saturated rings. The van der Waals surface area contributed by atoms with Gasteiger partial charge in [-0.05, 0) is 36.8 Å². The smallest absolute Gasteiger partial charge is 0.251 e. The van der Waals surface area contributed by atoms with E-state index in [9.17, 15) is 13.2 Å². The van der Waals surface area contributed by atoms with E-state index in [1.165, 1.54) is 13.3 Å². The fourth-order valence-corrected chi connectivity index (χ4v) is 2.91. The molecule has 0 unspecified atom stereocenters. The van der Waals surface area contributed by atoms with Gasteiger partial charge in [-0.25, -0.2) is 13.4 Å². The molecule has 0 bridgehead atoms. The van der Waals surface area contributed by atoms with E-state index in [1.807, 2.05) is 6.92 Å². The second-order valence-electron chi connectivity index (χ2n) is 5.08. The average molecular weight is 349 g/mol. The van der Waals surface area contributed by atoms with E-state index in [0.717, 1.165) is 5.56 Å². The summed E-state index contributed by atoms with van der Waals surface area (Å²) >= 11 is 0. The number of carbonyl (C=O) groups is 1. The summed E-state index contributed by atoms with van der Waals surface area (Å²) in [7, 11) is -2.06. The molecule has 0 aliphatic heterocycles. The minimum atomic E-state index is -3.58. The van der Waals surface area contributed by atoms with Crippen molar-refractivity contribution in [1.82, 2.24) is 10.3 Å². The maximum atomic E-state index is 12.1. The molecule has 0 saturated carbocycles. The van der Waals surface area contributed by atoms with Crippen molar-refractivity contribution in [3.05, 3.63) is 53.7 Å². The van der Waals surface area contributed by atoms with Crippen LogP contribution in [0.1, 0.15) is 15.9 Å². The van der Waals surface area contributed by atoms with Gasteiger partial charge in [0.1, 0.15) is 11.6 Å². The van der Waals surface area contributed by atoms with Crippen molar-refractivity contribution in [3.63, 3.8) is 0 Å². The second kappa shape index (κ2) is 7.78. The molecule has 0 aliphatic carbocycles. The van der Waals surface area contributed by atoms with Crippen molar-refractivity contribution >= 4 is 21.7 Å². The lowest BCUT2D eigenvalue weighted by Gasteiger charge is -2.10. The highest BCUT2D eigenvalue weighted by Crippen LogP contribution is 2.18. The molecule has 0 radical (unpaired) electrons. The Bertz CT molecular complexity index is 807. The third-order valence-electron chi connectivity index (χ3n) is 3.25. The van der Waals surface area contributed by atoms with Gasteiger partial charge < -0.3 is 10.1 Å². The Labute approximate surface area is 141 Å². The number of sulfonamides is 1. The summed E-state index contributed by atoms with van der Waals surface area (Å²) in [6.45, 7) is 1.85. The number of pyridine rings is 1. The normalized spacial score (nSPS) is 10.9. The monoisotopic (exact) mass is 349 g/mol. The number of carbonyl (C=O) groups excluding carboxylic acids is 1. The van der Waals surface area contributed by atoms with Gasteiger partial charge in [0.15, 0.2) is 0 Å². The van der Waals surface area contributed by atoms with E-state index >= 15 is 0 Å². The zero-order valence-electron chi connectivity index (χ0n) is 13.4. The Kier molecular flexibility index (Phi) is 5.75. The molecule has 1 aromatic heterocycles. The highest BCUT2D eigenvalue weighted by molar-refractivity contribution is 7.92. The van der Waals surface area contributed by atoms with E-state index < -0.39 is 10.0 Å². The number of nitrogens with zero attached hydrogens (tertiary/aromatic N) is 1. The largest absolute Gasteiger partial charge is 0.496 e. The lowest BCUT2D eigenvalue weighted by molar-refractivity contribution is 0.0956. The summed E-state index contributed by atoms with van der Waals surface area (Å²) in [5.41, 5.74) is 1.32. The van der Waals surface area contributed by atoms with Crippen LogP contribution in [0.3, 0.4) is 0 Å². The molecule has 1 aromatic carbocycles. The first-order chi connectivity index (χ1) is 11.4. The number of hydrogen-bond acceptors (Lipinski definition) is 5. The van der Waals surface area contributed by atoms with Gasteiger partial charge >= 0.3 is 0 Å². The minimum Gasteiger partial charge on any atom is -0.496 e. The van der Waals surface area contributed by atoms with Crippen LogP contribution in [0.4, 0.5) is 5.82 Å². The van der Waals surface area contributed by atoms with Crippen molar-refractivity contribution in [2.24, 2.45) is 0 Å². The molecule has 24 heavy (non-hydrogen) atoms. The molecule has 2 rings (SSSR count). The zero-order valence-corrected chi connectivity index (χ0v) is 14.3. The Morgan fingerprint density at radius 2 is 2.04 bits per heavy atom. The Balaban J connectivity index is 1.90. The lowest BCUT2D eigenvalue weighted by Crippen LogP contribution is -2.31. The highest BCUT2D eigenvalue weighted by Gasteiger charge is 2.13.